The second-order valence-electron chi connectivity index (χ2n) is 1.75. The van der Waals surface area contributed by atoms with Crippen molar-refractivity contribution < 1.29 is 22.3 Å². The Balaban J connectivity index is 2.65. The van der Waals surface area contributed by atoms with Gasteiger partial charge >= 0.3 is 6.36 Å². The molecule has 62 valence electrons. The molecule has 3 nitrogen and oxygen atoms in total. The summed E-state index contributed by atoms with van der Waals surface area (Å²) in [5.41, 5.74) is 0. The number of aryl methyl sites for hydroxylation is 1. The van der Waals surface area contributed by atoms with Gasteiger partial charge in [0.15, 0.2) is 12.2 Å². The minimum Gasteiger partial charge on any atom is -0.445 e. The maximum atomic E-state index is 11.4. The molecule has 11 heavy (non-hydrogen) atoms. The van der Waals surface area contributed by atoms with Gasteiger partial charge in [-0.15, -0.1) is 13.2 Å². The van der Waals surface area contributed by atoms with Crippen LogP contribution in [0.5, 0.6) is 5.88 Å². The first-order chi connectivity index (χ1) is 4.97. The molecule has 0 saturated carbocycles. The Bertz CT molecular complexity index is 242. The first-order valence-electron chi connectivity index (χ1n) is 2.65. The van der Waals surface area contributed by atoms with Crippen LogP contribution in [-0.2, 0) is 0 Å². The number of aromatic nitrogens is 1. The molecule has 0 aliphatic carbocycles. The van der Waals surface area contributed by atoms with Gasteiger partial charge in [-0.1, -0.05) is 0 Å². The summed E-state index contributed by atoms with van der Waals surface area (Å²) in [5, 5.41) is 0. The van der Waals surface area contributed by atoms with Crippen LogP contribution in [0, 0.1) is 6.92 Å². The Morgan fingerprint density at radius 2 is 2.18 bits per heavy atom. The molecule has 0 fully saturated rings. The van der Waals surface area contributed by atoms with Crippen LogP contribution in [0.3, 0.4) is 0 Å². The van der Waals surface area contributed by atoms with Crippen molar-refractivity contribution in [1.82, 2.24) is 4.98 Å². The van der Waals surface area contributed by atoms with Crippen LogP contribution >= 0.6 is 0 Å². The lowest BCUT2D eigenvalue weighted by Gasteiger charge is -2.03. The van der Waals surface area contributed by atoms with E-state index in [9.17, 15) is 13.2 Å². The van der Waals surface area contributed by atoms with Crippen molar-refractivity contribution in [3.8, 4) is 5.88 Å². The molecule has 0 N–H and O–H groups in total. The molecule has 0 amide bonds. The van der Waals surface area contributed by atoms with Crippen LogP contribution in [0.2, 0.25) is 0 Å². The van der Waals surface area contributed by atoms with Gasteiger partial charge in [0.1, 0.15) is 0 Å². The number of ether oxygens (including phenoxy) is 1. The van der Waals surface area contributed by atoms with Crippen LogP contribution < -0.4 is 4.74 Å². The summed E-state index contributed by atoms with van der Waals surface area (Å²) in [7, 11) is 0. The molecule has 0 unspecified atom stereocenters. The van der Waals surface area contributed by atoms with Crippen molar-refractivity contribution in [3.63, 3.8) is 0 Å². The van der Waals surface area contributed by atoms with E-state index in [1.54, 1.807) is 0 Å². The van der Waals surface area contributed by atoms with Gasteiger partial charge in [0, 0.05) is 6.92 Å². The third-order valence-electron chi connectivity index (χ3n) is 0.818. The number of nitrogens with zero attached hydrogens (tertiary/aromatic N) is 1. The van der Waals surface area contributed by atoms with Gasteiger partial charge < -0.3 is 9.15 Å². The molecule has 0 aliphatic heterocycles. The van der Waals surface area contributed by atoms with Crippen molar-refractivity contribution in [2.45, 2.75) is 13.3 Å². The standard InChI is InChI=1S/C5H4F3NO2/c1-3-9-4(2-10-3)11-5(6,7)8/h2H,1H3. The highest BCUT2D eigenvalue weighted by molar-refractivity contribution is 5.02. The van der Waals surface area contributed by atoms with Crippen LogP contribution in [0.1, 0.15) is 5.89 Å². The minimum absolute atomic E-state index is 0.129. The number of hydrogen-bond acceptors (Lipinski definition) is 3. The maximum absolute atomic E-state index is 11.4. The summed E-state index contributed by atoms with van der Waals surface area (Å²) in [5.74, 6) is -0.445. The average molecular weight is 167 g/mol. The Kier molecular flexibility index (Phi) is 1.76. The molecular weight excluding hydrogens is 163 g/mol. The maximum Gasteiger partial charge on any atom is 0.574 e. The van der Waals surface area contributed by atoms with Crippen LogP contribution in [-0.4, -0.2) is 11.3 Å². The van der Waals surface area contributed by atoms with Crippen molar-refractivity contribution >= 4 is 0 Å². The van der Waals surface area contributed by atoms with Crippen LogP contribution in [0.4, 0.5) is 13.2 Å². The van der Waals surface area contributed by atoms with Gasteiger partial charge in [0.25, 0.3) is 5.88 Å². The second kappa shape index (κ2) is 2.44. The largest absolute Gasteiger partial charge is 0.574 e. The molecule has 0 aliphatic rings. The van der Waals surface area contributed by atoms with E-state index in [1.165, 1.54) is 6.92 Å². The lowest BCUT2D eigenvalue weighted by Crippen LogP contribution is -2.17. The molecule has 6 heteroatoms. The van der Waals surface area contributed by atoms with E-state index in [0.717, 1.165) is 6.26 Å². The van der Waals surface area contributed by atoms with Gasteiger partial charge in [0.2, 0.25) is 0 Å². The summed E-state index contributed by atoms with van der Waals surface area (Å²) >= 11 is 0. The lowest BCUT2D eigenvalue weighted by atomic mass is 10.8. The molecule has 0 saturated heterocycles. The normalized spacial score (nSPS) is 11.6. The fraction of sp³-hybridized carbons (Fsp3) is 0.400. The zero-order valence-electron chi connectivity index (χ0n) is 5.47. The number of oxazole rings is 1. The third-order valence-corrected chi connectivity index (χ3v) is 0.818. The molecule has 0 atom stereocenters. The van der Waals surface area contributed by atoms with E-state index in [-0.39, 0.29) is 5.89 Å². The first kappa shape index (κ1) is 7.90. The Morgan fingerprint density at radius 3 is 2.55 bits per heavy atom. The zero-order chi connectivity index (χ0) is 8.48. The fourth-order valence-corrected chi connectivity index (χ4v) is 0.509. The number of hydrogen-bond donors (Lipinski definition) is 0. The highest BCUT2D eigenvalue weighted by atomic mass is 19.4. The molecular formula is C5H4F3NO2. The quantitative estimate of drug-likeness (QED) is 0.640. The Labute approximate surface area is 59.8 Å². The SMILES string of the molecule is Cc1nc(OC(F)(F)F)co1. The molecule has 1 aromatic heterocycles. The lowest BCUT2D eigenvalue weighted by molar-refractivity contribution is -0.276. The van der Waals surface area contributed by atoms with Crippen molar-refractivity contribution in [3.05, 3.63) is 12.2 Å². The Hall–Kier alpha value is -1.20. The fourth-order valence-electron chi connectivity index (χ4n) is 0.509. The Morgan fingerprint density at radius 1 is 1.55 bits per heavy atom. The average Bonchev–Trinajstić information content (AvgIpc) is 2.10. The van der Waals surface area contributed by atoms with E-state index >= 15 is 0 Å². The highest BCUT2D eigenvalue weighted by Crippen LogP contribution is 2.21. The van der Waals surface area contributed by atoms with E-state index in [1.807, 2.05) is 0 Å². The van der Waals surface area contributed by atoms with E-state index in [0.29, 0.717) is 0 Å². The van der Waals surface area contributed by atoms with Gasteiger partial charge in [0.05, 0.1) is 0 Å². The zero-order valence-corrected chi connectivity index (χ0v) is 5.47. The first-order valence-corrected chi connectivity index (χ1v) is 2.65. The van der Waals surface area contributed by atoms with Gasteiger partial charge in [-0.25, -0.2) is 0 Å². The summed E-state index contributed by atoms with van der Waals surface area (Å²) in [6.45, 7) is 1.42. The van der Waals surface area contributed by atoms with E-state index in [2.05, 4.69) is 14.1 Å². The highest BCUT2D eigenvalue weighted by Gasteiger charge is 2.32. The number of rotatable bonds is 1. The van der Waals surface area contributed by atoms with Gasteiger partial charge in [-0.05, 0) is 0 Å². The summed E-state index contributed by atoms with van der Waals surface area (Å²) in [6, 6.07) is 0. The molecule has 0 bridgehead atoms. The predicted molar refractivity (Wildman–Crippen MR) is 27.9 cm³/mol. The van der Waals surface area contributed by atoms with E-state index < -0.39 is 12.2 Å². The van der Waals surface area contributed by atoms with Gasteiger partial charge in [-0.3, -0.25) is 0 Å². The van der Waals surface area contributed by atoms with Gasteiger partial charge in [-0.2, -0.15) is 4.98 Å². The minimum atomic E-state index is -4.71. The van der Waals surface area contributed by atoms with Crippen LogP contribution in [0.25, 0.3) is 0 Å². The van der Waals surface area contributed by atoms with Crippen molar-refractivity contribution in [2.24, 2.45) is 0 Å². The smallest absolute Gasteiger partial charge is 0.445 e. The van der Waals surface area contributed by atoms with Crippen molar-refractivity contribution in [1.29, 1.82) is 0 Å². The molecule has 1 rings (SSSR count). The summed E-state index contributed by atoms with van der Waals surface area (Å²) < 4.78 is 42.2. The second-order valence-corrected chi connectivity index (χ2v) is 1.75. The predicted octanol–water partition coefficient (Wildman–Crippen LogP) is 1.88. The van der Waals surface area contributed by atoms with E-state index in [4.69, 9.17) is 0 Å². The molecule has 1 aromatic rings. The van der Waals surface area contributed by atoms with Crippen molar-refractivity contribution in [2.75, 3.05) is 0 Å². The molecule has 0 aromatic carbocycles. The topological polar surface area (TPSA) is 35.3 Å². The molecule has 0 radical (unpaired) electrons. The monoisotopic (exact) mass is 167 g/mol. The number of halogens is 3. The summed E-state index contributed by atoms with van der Waals surface area (Å²) in [4.78, 5) is 3.29. The van der Waals surface area contributed by atoms with Crippen LogP contribution in [0.15, 0.2) is 10.7 Å². The molecule has 0 spiro atoms. The number of alkyl halides is 3. The summed E-state index contributed by atoms with van der Waals surface area (Å²) in [6.07, 6.45) is -3.91. The third kappa shape index (κ3) is 2.48. The molecule has 1 heterocycles.